The number of ether oxygens (including phenoxy) is 2. The number of hydrogen-bond donors (Lipinski definition) is 1. The third-order valence-corrected chi connectivity index (χ3v) is 3.89. The number of aromatic carboxylic acids is 1. The fourth-order valence-corrected chi connectivity index (χ4v) is 2.71. The molecule has 0 spiro atoms. The fraction of sp³-hybridized carbons (Fsp3) is 0.333. The number of thiazole rings is 1. The van der Waals surface area contributed by atoms with E-state index in [9.17, 15) is 4.79 Å². The normalized spacial score (nSPS) is 10.4. The van der Waals surface area contributed by atoms with E-state index in [1.807, 2.05) is 31.2 Å². The van der Waals surface area contributed by atoms with Gasteiger partial charge in [-0.15, -0.1) is 11.3 Å². The summed E-state index contributed by atoms with van der Waals surface area (Å²) in [6.45, 7) is 2.33. The van der Waals surface area contributed by atoms with Gasteiger partial charge in [-0.2, -0.15) is 0 Å². The largest absolute Gasteiger partial charge is 0.497 e. The van der Waals surface area contributed by atoms with Gasteiger partial charge in [-0.1, -0.05) is 0 Å². The summed E-state index contributed by atoms with van der Waals surface area (Å²) < 4.78 is 10.7. The molecule has 0 aliphatic rings. The monoisotopic (exact) mass is 307 g/mol. The van der Waals surface area contributed by atoms with Crippen molar-refractivity contribution in [1.29, 1.82) is 0 Å². The molecule has 1 heterocycles. The highest BCUT2D eigenvalue weighted by molar-refractivity contribution is 7.13. The van der Waals surface area contributed by atoms with Gasteiger partial charge in [-0.3, -0.25) is 0 Å². The highest BCUT2D eigenvalue weighted by atomic mass is 32.1. The van der Waals surface area contributed by atoms with Gasteiger partial charge in [0.1, 0.15) is 16.4 Å². The lowest BCUT2D eigenvalue weighted by Gasteiger charge is -2.06. The van der Waals surface area contributed by atoms with Gasteiger partial charge in [-0.05, 0) is 44.0 Å². The number of aromatic nitrogens is 1. The van der Waals surface area contributed by atoms with Gasteiger partial charge < -0.3 is 14.6 Å². The van der Waals surface area contributed by atoms with E-state index < -0.39 is 5.97 Å². The Morgan fingerprint density at radius 2 is 1.95 bits per heavy atom. The Balaban J connectivity index is 1.83. The maximum Gasteiger partial charge on any atom is 0.347 e. The molecule has 0 atom stereocenters. The molecule has 2 rings (SSSR count). The molecule has 0 aliphatic heterocycles. The van der Waals surface area contributed by atoms with Gasteiger partial charge in [0.05, 0.1) is 24.4 Å². The standard InChI is InChI=1S/C15H17NO4S/c1-10-16-13(14(21-10)15(17)18)4-3-9-20-12-7-5-11(19-2)6-8-12/h5-8H,3-4,9H2,1-2H3,(H,17,18). The molecule has 0 unspecified atom stereocenters. The summed E-state index contributed by atoms with van der Waals surface area (Å²) in [5.41, 5.74) is 0.642. The molecule has 0 bridgehead atoms. The van der Waals surface area contributed by atoms with Crippen molar-refractivity contribution < 1.29 is 19.4 Å². The Bertz CT molecular complexity index is 607. The number of aryl methyl sites for hydroxylation is 2. The van der Waals surface area contributed by atoms with Crippen LogP contribution < -0.4 is 9.47 Å². The Hall–Kier alpha value is -2.08. The Kier molecular flexibility index (Phi) is 5.16. The minimum absolute atomic E-state index is 0.331. The average molecular weight is 307 g/mol. The number of hydrogen-bond acceptors (Lipinski definition) is 5. The zero-order valence-electron chi connectivity index (χ0n) is 12.0. The molecule has 0 amide bonds. The van der Waals surface area contributed by atoms with Crippen LogP contribution in [0.3, 0.4) is 0 Å². The third kappa shape index (κ3) is 4.19. The van der Waals surface area contributed by atoms with Crippen molar-refractivity contribution in [1.82, 2.24) is 4.98 Å². The van der Waals surface area contributed by atoms with Gasteiger partial charge in [-0.25, -0.2) is 9.78 Å². The van der Waals surface area contributed by atoms with Crippen molar-refractivity contribution in [2.24, 2.45) is 0 Å². The lowest BCUT2D eigenvalue weighted by molar-refractivity contribution is 0.0700. The molecule has 112 valence electrons. The van der Waals surface area contributed by atoms with Crippen LogP contribution in [0.25, 0.3) is 0 Å². The first-order valence-corrected chi connectivity index (χ1v) is 7.38. The summed E-state index contributed by atoms with van der Waals surface area (Å²) in [6.07, 6.45) is 1.32. The smallest absolute Gasteiger partial charge is 0.347 e. The quantitative estimate of drug-likeness (QED) is 0.796. The molecule has 6 heteroatoms. The molecule has 0 saturated heterocycles. The number of nitrogens with zero attached hydrogens (tertiary/aromatic N) is 1. The molecule has 1 aromatic heterocycles. The Morgan fingerprint density at radius 3 is 2.57 bits per heavy atom. The summed E-state index contributed by atoms with van der Waals surface area (Å²) >= 11 is 1.22. The van der Waals surface area contributed by atoms with Crippen molar-refractivity contribution in [3.8, 4) is 11.5 Å². The first kappa shape index (κ1) is 15.3. The third-order valence-electron chi connectivity index (χ3n) is 2.88. The lowest BCUT2D eigenvalue weighted by atomic mass is 10.2. The average Bonchev–Trinajstić information content (AvgIpc) is 2.85. The topological polar surface area (TPSA) is 68.7 Å². The minimum atomic E-state index is -0.910. The van der Waals surface area contributed by atoms with Gasteiger partial charge in [0.2, 0.25) is 0 Å². The number of carboxylic acids is 1. The maximum atomic E-state index is 11.1. The van der Waals surface area contributed by atoms with E-state index in [0.29, 0.717) is 23.6 Å². The number of rotatable bonds is 7. The van der Waals surface area contributed by atoms with Crippen molar-refractivity contribution >= 4 is 17.3 Å². The van der Waals surface area contributed by atoms with E-state index in [1.165, 1.54) is 11.3 Å². The molecule has 1 aromatic carbocycles. The van der Waals surface area contributed by atoms with Crippen LogP contribution >= 0.6 is 11.3 Å². The second-order valence-electron chi connectivity index (χ2n) is 4.44. The Morgan fingerprint density at radius 1 is 1.29 bits per heavy atom. The lowest BCUT2D eigenvalue weighted by Crippen LogP contribution is -2.03. The summed E-state index contributed by atoms with van der Waals surface area (Å²) in [4.78, 5) is 15.7. The molecule has 0 saturated carbocycles. The van der Waals surface area contributed by atoms with E-state index in [0.717, 1.165) is 22.9 Å². The highest BCUT2D eigenvalue weighted by Crippen LogP contribution is 2.20. The van der Waals surface area contributed by atoms with Crippen LogP contribution in [0.5, 0.6) is 11.5 Å². The predicted octanol–water partition coefficient (Wildman–Crippen LogP) is 3.17. The van der Waals surface area contributed by atoms with Crippen LogP contribution in [-0.4, -0.2) is 29.8 Å². The molecule has 0 fully saturated rings. The summed E-state index contributed by atoms with van der Waals surface area (Å²) in [5, 5.41) is 9.87. The summed E-state index contributed by atoms with van der Waals surface area (Å²) in [6, 6.07) is 7.35. The van der Waals surface area contributed by atoms with Gasteiger partial charge in [0, 0.05) is 0 Å². The second kappa shape index (κ2) is 7.08. The van der Waals surface area contributed by atoms with E-state index >= 15 is 0 Å². The first-order chi connectivity index (χ1) is 10.1. The zero-order chi connectivity index (χ0) is 15.2. The molecule has 0 radical (unpaired) electrons. The maximum absolute atomic E-state index is 11.1. The van der Waals surface area contributed by atoms with E-state index in [-0.39, 0.29) is 0 Å². The predicted molar refractivity (Wildman–Crippen MR) is 80.6 cm³/mol. The number of benzene rings is 1. The van der Waals surface area contributed by atoms with Crippen LogP contribution in [0.4, 0.5) is 0 Å². The van der Waals surface area contributed by atoms with Crippen LogP contribution in [-0.2, 0) is 6.42 Å². The summed E-state index contributed by atoms with van der Waals surface area (Å²) in [5.74, 6) is 0.641. The molecule has 21 heavy (non-hydrogen) atoms. The van der Waals surface area contributed by atoms with Crippen LogP contribution in [0, 0.1) is 6.92 Å². The van der Waals surface area contributed by atoms with E-state index in [2.05, 4.69) is 4.98 Å². The molecule has 0 aliphatic carbocycles. The second-order valence-corrected chi connectivity index (χ2v) is 5.64. The van der Waals surface area contributed by atoms with E-state index in [1.54, 1.807) is 7.11 Å². The summed E-state index contributed by atoms with van der Waals surface area (Å²) in [7, 11) is 1.62. The molecule has 2 aromatic rings. The van der Waals surface area contributed by atoms with Gasteiger partial charge in [0.15, 0.2) is 0 Å². The molecular weight excluding hydrogens is 290 g/mol. The molecule has 1 N–H and O–H groups in total. The minimum Gasteiger partial charge on any atom is -0.497 e. The highest BCUT2D eigenvalue weighted by Gasteiger charge is 2.15. The van der Waals surface area contributed by atoms with Crippen molar-refractivity contribution in [3.63, 3.8) is 0 Å². The van der Waals surface area contributed by atoms with Crippen molar-refractivity contribution in [3.05, 3.63) is 39.8 Å². The molecular formula is C15H17NO4S. The Labute approximate surface area is 127 Å². The first-order valence-electron chi connectivity index (χ1n) is 6.56. The number of carboxylic acid groups (broad SMARTS) is 1. The number of methoxy groups -OCH3 is 1. The van der Waals surface area contributed by atoms with Gasteiger partial charge >= 0.3 is 5.97 Å². The van der Waals surface area contributed by atoms with Gasteiger partial charge in [0.25, 0.3) is 0 Å². The number of carbonyl (C=O) groups is 1. The van der Waals surface area contributed by atoms with E-state index in [4.69, 9.17) is 14.6 Å². The molecule has 5 nitrogen and oxygen atoms in total. The zero-order valence-corrected chi connectivity index (χ0v) is 12.8. The van der Waals surface area contributed by atoms with Crippen LogP contribution in [0.1, 0.15) is 26.8 Å². The van der Waals surface area contributed by atoms with Crippen molar-refractivity contribution in [2.75, 3.05) is 13.7 Å². The van der Waals surface area contributed by atoms with Crippen molar-refractivity contribution in [2.45, 2.75) is 19.8 Å². The van der Waals surface area contributed by atoms with Crippen LogP contribution in [0.2, 0.25) is 0 Å². The fourth-order valence-electron chi connectivity index (χ4n) is 1.91. The SMILES string of the molecule is COc1ccc(OCCCc2nc(C)sc2C(=O)O)cc1. The van der Waals surface area contributed by atoms with Crippen LogP contribution in [0.15, 0.2) is 24.3 Å².